The molecule has 0 spiro atoms. The molecule has 0 N–H and O–H groups in total. The third-order valence-corrected chi connectivity index (χ3v) is 10.6. The van der Waals surface area contributed by atoms with E-state index in [0.29, 0.717) is 0 Å². The average Bonchev–Trinajstić information content (AvgIpc) is 3.57. The summed E-state index contributed by atoms with van der Waals surface area (Å²) >= 11 is 1.85. The van der Waals surface area contributed by atoms with Gasteiger partial charge in [-0.3, -0.25) is 0 Å². The largest absolute Gasteiger partial charge is 0.310 e. The van der Waals surface area contributed by atoms with Crippen molar-refractivity contribution in [2.45, 2.75) is 0 Å². The van der Waals surface area contributed by atoms with Crippen LogP contribution < -0.4 is 4.90 Å². The molecule has 50 heavy (non-hydrogen) atoms. The lowest BCUT2D eigenvalue weighted by Gasteiger charge is -2.26. The molecular weight excluding hydrogens is 623 g/mol. The van der Waals surface area contributed by atoms with Crippen LogP contribution in [0.4, 0.5) is 17.1 Å². The summed E-state index contributed by atoms with van der Waals surface area (Å²) in [6.07, 6.45) is 0. The maximum atomic E-state index is 2.38. The predicted molar refractivity (Wildman–Crippen MR) is 216 cm³/mol. The molecule has 2 heteroatoms. The zero-order chi connectivity index (χ0) is 33.3. The topological polar surface area (TPSA) is 3.24 Å². The van der Waals surface area contributed by atoms with Crippen LogP contribution in [0.5, 0.6) is 0 Å². The van der Waals surface area contributed by atoms with Crippen molar-refractivity contribution in [2.24, 2.45) is 0 Å². The first-order chi connectivity index (χ1) is 24.8. The van der Waals surface area contributed by atoms with E-state index < -0.39 is 0 Å². The van der Waals surface area contributed by atoms with Crippen molar-refractivity contribution in [3.63, 3.8) is 0 Å². The second-order valence-corrected chi connectivity index (χ2v) is 13.7. The Hall–Kier alpha value is -6.22. The standard InChI is InChI=1S/C48H33NS/c1-3-11-34(12-4-1)38-15-9-17-40(31-38)36-21-25-42(26-22-36)49(44-29-30-48-46(33-44)45-19-7-8-20-47(45)50-48)43-27-23-37(24-28-43)41-18-10-16-39(32-41)35-13-5-2-6-14-35/h1-33H. The van der Waals surface area contributed by atoms with E-state index in [0.717, 1.165) is 17.1 Å². The number of nitrogens with zero attached hydrogens (tertiary/aromatic N) is 1. The van der Waals surface area contributed by atoms with Gasteiger partial charge in [-0.05, 0) is 105 Å². The lowest BCUT2D eigenvalue weighted by Crippen LogP contribution is -2.09. The molecule has 0 aliphatic heterocycles. The highest BCUT2D eigenvalue weighted by Crippen LogP contribution is 2.41. The van der Waals surface area contributed by atoms with Gasteiger partial charge in [-0.15, -0.1) is 11.3 Å². The van der Waals surface area contributed by atoms with E-state index in [1.165, 1.54) is 64.7 Å². The van der Waals surface area contributed by atoms with Gasteiger partial charge in [-0.1, -0.05) is 140 Å². The summed E-state index contributed by atoms with van der Waals surface area (Å²) in [7, 11) is 0. The molecule has 0 fully saturated rings. The fraction of sp³-hybridized carbons (Fsp3) is 0. The van der Waals surface area contributed by atoms with Gasteiger partial charge in [-0.25, -0.2) is 0 Å². The average molecular weight is 656 g/mol. The highest BCUT2D eigenvalue weighted by atomic mass is 32.1. The van der Waals surface area contributed by atoms with Gasteiger partial charge in [0.2, 0.25) is 0 Å². The Bertz CT molecular complexity index is 2440. The van der Waals surface area contributed by atoms with Crippen molar-refractivity contribution in [2.75, 3.05) is 4.90 Å². The second-order valence-electron chi connectivity index (χ2n) is 12.6. The SMILES string of the molecule is c1ccc(-c2cccc(-c3ccc(N(c4ccc(-c5cccc(-c6ccccc6)c5)cc4)c4ccc5sc6ccccc6c5c4)cc3)c2)cc1. The zero-order valence-corrected chi connectivity index (χ0v) is 28.2. The molecule has 0 aliphatic rings. The Morgan fingerprint density at radius 3 is 1.18 bits per heavy atom. The van der Waals surface area contributed by atoms with Gasteiger partial charge >= 0.3 is 0 Å². The molecule has 8 aromatic carbocycles. The second kappa shape index (κ2) is 13.0. The minimum Gasteiger partial charge on any atom is -0.310 e. The number of hydrogen-bond donors (Lipinski definition) is 0. The summed E-state index contributed by atoms with van der Waals surface area (Å²) in [5.74, 6) is 0. The van der Waals surface area contributed by atoms with E-state index in [4.69, 9.17) is 0 Å². The Morgan fingerprint density at radius 1 is 0.260 bits per heavy atom. The van der Waals surface area contributed by atoms with Crippen LogP contribution in [0.2, 0.25) is 0 Å². The highest BCUT2D eigenvalue weighted by Gasteiger charge is 2.16. The highest BCUT2D eigenvalue weighted by molar-refractivity contribution is 7.25. The van der Waals surface area contributed by atoms with E-state index >= 15 is 0 Å². The number of anilines is 3. The van der Waals surface area contributed by atoms with Crippen molar-refractivity contribution in [3.8, 4) is 44.5 Å². The first-order valence-electron chi connectivity index (χ1n) is 17.0. The number of rotatable bonds is 7. The number of benzene rings is 8. The molecule has 0 saturated heterocycles. The van der Waals surface area contributed by atoms with Gasteiger partial charge in [-0.2, -0.15) is 0 Å². The Labute approximate surface area is 297 Å². The predicted octanol–water partition coefficient (Wildman–Crippen LogP) is 14.2. The molecule has 0 bridgehead atoms. The molecule has 236 valence electrons. The number of fused-ring (bicyclic) bond motifs is 3. The van der Waals surface area contributed by atoms with Gasteiger partial charge in [0, 0.05) is 37.2 Å². The Morgan fingerprint density at radius 2 is 0.660 bits per heavy atom. The maximum Gasteiger partial charge on any atom is 0.0468 e. The van der Waals surface area contributed by atoms with Gasteiger partial charge in [0.25, 0.3) is 0 Å². The van der Waals surface area contributed by atoms with Crippen LogP contribution in [0.25, 0.3) is 64.7 Å². The molecule has 0 radical (unpaired) electrons. The lowest BCUT2D eigenvalue weighted by molar-refractivity contribution is 1.29. The Balaban J connectivity index is 1.11. The fourth-order valence-electron chi connectivity index (χ4n) is 6.92. The first kappa shape index (κ1) is 29.9. The molecule has 0 atom stereocenters. The van der Waals surface area contributed by atoms with Crippen molar-refractivity contribution in [1.29, 1.82) is 0 Å². The molecule has 9 aromatic rings. The van der Waals surface area contributed by atoms with Crippen LogP contribution >= 0.6 is 11.3 Å². The minimum absolute atomic E-state index is 1.12. The zero-order valence-electron chi connectivity index (χ0n) is 27.4. The van der Waals surface area contributed by atoms with E-state index in [1.807, 2.05) is 11.3 Å². The molecule has 0 unspecified atom stereocenters. The number of thiophene rings is 1. The maximum absolute atomic E-state index is 2.38. The van der Waals surface area contributed by atoms with E-state index in [9.17, 15) is 0 Å². The van der Waals surface area contributed by atoms with Crippen LogP contribution in [-0.2, 0) is 0 Å². The summed E-state index contributed by atoms with van der Waals surface area (Å²) in [6.45, 7) is 0. The van der Waals surface area contributed by atoms with E-state index in [2.05, 4.69) is 205 Å². The van der Waals surface area contributed by atoms with Crippen molar-refractivity contribution >= 4 is 48.6 Å². The molecule has 0 amide bonds. The molecule has 1 aromatic heterocycles. The van der Waals surface area contributed by atoms with Crippen LogP contribution in [0.1, 0.15) is 0 Å². The van der Waals surface area contributed by atoms with Crippen molar-refractivity contribution in [1.82, 2.24) is 0 Å². The van der Waals surface area contributed by atoms with Gasteiger partial charge < -0.3 is 4.90 Å². The van der Waals surface area contributed by atoms with Crippen molar-refractivity contribution in [3.05, 3.63) is 200 Å². The summed E-state index contributed by atoms with van der Waals surface area (Å²) in [4.78, 5) is 2.38. The molecule has 0 aliphatic carbocycles. The summed E-state index contributed by atoms with van der Waals surface area (Å²) in [6, 6.07) is 72.3. The monoisotopic (exact) mass is 655 g/mol. The number of hydrogen-bond acceptors (Lipinski definition) is 2. The molecular formula is C48H33NS. The van der Waals surface area contributed by atoms with Gasteiger partial charge in [0.05, 0.1) is 0 Å². The van der Waals surface area contributed by atoms with Crippen LogP contribution in [0.3, 0.4) is 0 Å². The Kier molecular flexibility index (Phi) is 7.77. The molecule has 1 heterocycles. The van der Waals surface area contributed by atoms with E-state index in [1.54, 1.807) is 0 Å². The summed E-state index contributed by atoms with van der Waals surface area (Å²) in [5.41, 5.74) is 13.1. The quantitative estimate of drug-likeness (QED) is 0.165. The summed E-state index contributed by atoms with van der Waals surface area (Å²) in [5, 5.41) is 2.59. The molecule has 1 nitrogen and oxygen atoms in total. The molecule has 0 saturated carbocycles. The van der Waals surface area contributed by atoms with Gasteiger partial charge in [0.1, 0.15) is 0 Å². The lowest BCUT2D eigenvalue weighted by atomic mass is 9.98. The normalized spacial score (nSPS) is 11.2. The fourth-order valence-corrected chi connectivity index (χ4v) is 8.01. The smallest absolute Gasteiger partial charge is 0.0468 e. The third kappa shape index (κ3) is 5.77. The molecule has 9 rings (SSSR count). The van der Waals surface area contributed by atoms with Crippen LogP contribution in [0.15, 0.2) is 200 Å². The van der Waals surface area contributed by atoms with Gasteiger partial charge in [0.15, 0.2) is 0 Å². The summed E-state index contributed by atoms with van der Waals surface area (Å²) < 4.78 is 2.62. The van der Waals surface area contributed by atoms with Crippen LogP contribution in [0, 0.1) is 0 Å². The first-order valence-corrected chi connectivity index (χ1v) is 17.8. The van der Waals surface area contributed by atoms with E-state index in [-0.39, 0.29) is 0 Å². The van der Waals surface area contributed by atoms with Crippen molar-refractivity contribution < 1.29 is 0 Å². The third-order valence-electron chi connectivity index (χ3n) is 9.48. The van der Waals surface area contributed by atoms with Crippen LogP contribution in [-0.4, -0.2) is 0 Å². The minimum atomic E-state index is 1.12.